The Morgan fingerprint density at radius 3 is 2.42 bits per heavy atom. The number of nitrogen functional groups attached to an aromatic ring is 1. The van der Waals surface area contributed by atoms with E-state index in [1.165, 1.54) is 0 Å². The number of esters is 1. The molecule has 1 saturated heterocycles. The number of hydrogen-bond donors (Lipinski definition) is 1. The van der Waals surface area contributed by atoms with Gasteiger partial charge in [0.2, 0.25) is 0 Å². The molecule has 2 N–H and O–H groups in total. The highest BCUT2D eigenvalue weighted by Gasteiger charge is 2.66. The van der Waals surface area contributed by atoms with Gasteiger partial charge in [0.05, 0.1) is 6.61 Å². The molecule has 3 aromatic rings. The Labute approximate surface area is 196 Å². The van der Waals surface area contributed by atoms with E-state index in [2.05, 4.69) is 34.7 Å². The van der Waals surface area contributed by atoms with Gasteiger partial charge in [-0.2, -0.15) is 0 Å². The number of halogens is 1. The molecule has 2 unspecified atom stereocenters. The van der Waals surface area contributed by atoms with Crippen LogP contribution in [0.25, 0.3) is 10.8 Å². The summed E-state index contributed by atoms with van der Waals surface area (Å²) in [6.45, 7) is 5.76. The van der Waals surface area contributed by atoms with Gasteiger partial charge in [-0.15, -0.1) is 0 Å². The zero-order chi connectivity index (χ0) is 22.2. The Morgan fingerprint density at radius 2 is 1.74 bits per heavy atom. The molecular weight excluding hydrogens is 505 g/mol. The monoisotopic (exact) mass is 531 g/mol. The third kappa shape index (κ3) is 4.71. The second-order valence-electron chi connectivity index (χ2n) is 8.74. The largest absolute Gasteiger partial charge is 0.456 e. The first-order valence-corrected chi connectivity index (χ1v) is 11.3. The number of epoxide rings is 1. The van der Waals surface area contributed by atoms with E-state index in [1.54, 1.807) is 0 Å². The molecule has 0 spiro atoms. The molecule has 6 heteroatoms. The minimum absolute atomic E-state index is 0.256. The number of carbonyl (C=O) groups excluding carboxylic acids is 1. The van der Waals surface area contributed by atoms with Crippen LogP contribution >= 0.6 is 22.6 Å². The Balaban J connectivity index is 1.61. The fourth-order valence-electron chi connectivity index (χ4n) is 3.64. The fraction of sp³-hybridized carbons (Fsp3) is 0.320. The van der Waals surface area contributed by atoms with Crippen LogP contribution in [0, 0.1) is 3.57 Å². The number of ether oxygens (including phenoxy) is 3. The van der Waals surface area contributed by atoms with Gasteiger partial charge in [-0.1, -0.05) is 54.6 Å². The van der Waals surface area contributed by atoms with Gasteiger partial charge in [-0.05, 0) is 71.3 Å². The predicted molar refractivity (Wildman–Crippen MR) is 129 cm³/mol. The molecule has 1 aliphatic heterocycles. The van der Waals surface area contributed by atoms with Crippen molar-refractivity contribution in [2.75, 3.05) is 5.73 Å². The van der Waals surface area contributed by atoms with Gasteiger partial charge in [0, 0.05) is 15.7 Å². The molecule has 31 heavy (non-hydrogen) atoms. The summed E-state index contributed by atoms with van der Waals surface area (Å²) in [5, 5.41) is 2.18. The molecule has 4 rings (SSSR count). The molecule has 0 radical (unpaired) electrons. The number of anilines is 1. The van der Waals surface area contributed by atoms with Crippen LogP contribution in [-0.2, 0) is 32.0 Å². The van der Waals surface area contributed by atoms with Crippen LogP contribution in [0.4, 0.5) is 5.69 Å². The number of nitrogens with two attached hydrogens (primary N) is 1. The second kappa shape index (κ2) is 8.41. The SMILES string of the molecule is CC(C)(C)OC(=O)C1(OCc2ccccc2)OC1Cc1cc(N)c(I)c2ccccc12. The van der Waals surface area contributed by atoms with E-state index < -0.39 is 23.5 Å². The highest BCUT2D eigenvalue weighted by Crippen LogP contribution is 2.44. The summed E-state index contributed by atoms with van der Waals surface area (Å²) < 4.78 is 18.6. The molecule has 162 valence electrons. The summed E-state index contributed by atoms with van der Waals surface area (Å²) in [6.07, 6.45) is 0.0456. The van der Waals surface area contributed by atoms with Crippen molar-refractivity contribution in [3.63, 3.8) is 0 Å². The quantitative estimate of drug-likeness (QED) is 0.204. The highest BCUT2D eigenvalue weighted by atomic mass is 127. The number of benzene rings is 3. The lowest BCUT2D eigenvalue weighted by Crippen LogP contribution is -2.38. The number of fused-ring (bicyclic) bond motifs is 1. The van der Waals surface area contributed by atoms with E-state index >= 15 is 0 Å². The summed E-state index contributed by atoms with van der Waals surface area (Å²) in [5.74, 6) is -1.91. The Morgan fingerprint density at radius 1 is 1.10 bits per heavy atom. The third-order valence-electron chi connectivity index (χ3n) is 5.16. The van der Waals surface area contributed by atoms with E-state index in [9.17, 15) is 4.79 Å². The van der Waals surface area contributed by atoms with Gasteiger partial charge in [-0.3, -0.25) is 0 Å². The van der Waals surface area contributed by atoms with Gasteiger partial charge in [-0.25, -0.2) is 4.79 Å². The topological polar surface area (TPSA) is 74.1 Å². The summed E-state index contributed by atoms with van der Waals surface area (Å²) in [7, 11) is 0. The zero-order valence-corrected chi connectivity index (χ0v) is 20.0. The minimum atomic E-state index is -1.41. The molecule has 1 aliphatic rings. The van der Waals surface area contributed by atoms with Gasteiger partial charge >= 0.3 is 5.97 Å². The first-order chi connectivity index (χ1) is 14.7. The first-order valence-electron chi connectivity index (χ1n) is 10.2. The minimum Gasteiger partial charge on any atom is -0.456 e. The maximum atomic E-state index is 13.1. The molecule has 3 aromatic carbocycles. The lowest BCUT2D eigenvalue weighted by Gasteiger charge is -2.23. The predicted octanol–water partition coefficient (Wildman–Crippen LogP) is 5.22. The molecule has 0 amide bonds. The lowest BCUT2D eigenvalue weighted by atomic mass is 9.98. The fourth-order valence-corrected chi connectivity index (χ4v) is 4.27. The van der Waals surface area contributed by atoms with Crippen LogP contribution in [0.3, 0.4) is 0 Å². The maximum Gasteiger partial charge on any atom is 0.370 e. The van der Waals surface area contributed by atoms with Crippen LogP contribution in [-0.4, -0.2) is 23.5 Å². The Bertz CT molecular complexity index is 1110. The van der Waals surface area contributed by atoms with Crippen molar-refractivity contribution in [3.8, 4) is 0 Å². The van der Waals surface area contributed by atoms with E-state index in [0.717, 1.165) is 25.5 Å². The van der Waals surface area contributed by atoms with Crippen molar-refractivity contribution in [3.05, 3.63) is 75.4 Å². The normalized spacial score (nSPS) is 20.6. The van der Waals surface area contributed by atoms with Gasteiger partial charge < -0.3 is 19.9 Å². The van der Waals surface area contributed by atoms with Crippen molar-refractivity contribution in [2.45, 2.75) is 51.3 Å². The molecule has 0 aromatic heterocycles. The molecule has 5 nitrogen and oxygen atoms in total. The van der Waals surface area contributed by atoms with E-state index in [0.29, 0.717) is 12.1 Å². The smallest absolute Gasteiger partial charge is 0.370 e. The zero-order valence-electron chi connectivity index (χ0n) is 17.9. The third-order valence-corrected chi connectivity index (χ3v) is 6.37. The summed E-state index contributed by atoms with van der Waals surface area (Å²) >= 11 is 2.27. The molecule has 2 atom stereocenters. The van der Waals surface area contributed by atoms with E-state index in [1.807, 2.05) is 69.3 Å². The number of hydrogen-bond acceptors (Lipinski definition) is 5. The van der Waals surface area contributed by atoms with Crippen LogP contribution in [0.1, 0.15) is 31.9 Å². The Hall–Kier alpha value is -2.16. The molecule has 1 heterocycles. The van der Waals surface area contributed by atoms with Crippen LogP contribution in [0.15, 0.2) is 60.7 Å². The molecule has 0 saturated carbocycles. The highest BCUT2D eigenvalue weighted by molar-refractivity contribution is 14.1. The molecule has 1 fully saturated rings. The van der Waals surface area contributed by atoms with Crippen molar-refractivity contribution < 1.29 is 19.0 Å². The first kappa shape index (κ1) is 22.0. The summed E-state index contributed by atoms with van der Waals surface area (Å²) in [5.41, 5.74) is 8.31. The number of rotatable bonds is 6. The van der Waals surface area contributed by atoms with Crippen LogP contribution < -0.4 is 5.73 Å². The summed E-state index contributed by atoms with van der Waals surface area (Å²) in [4.78, 5) is 13.1. The standard InChI is InChI=1S/C25H26INO4/c1-24(2,3)31-23(28)25(29-15-16-9-5-4-6-10-16)21(30-25)14-17-13-20(27)22(26)19-12-8-7-11-18(17)19/h4-13,21H,14-15,27H2,1-3H3. The average molecular weight is 531 g/mol. The number of carbonyl (C=O) groups is 1. The van der Waals surface area contributed by atoms with Crippen molar-refractivity contribution >= 4 is 45.0 Å². The van der Waals surface area contributed by atoms with Crippen LogP contribution in [0.5, 0.6) is 0 Å². The van der Waals surface area contributed by atoms with Crippen molar-refractivity contribution in [1.82, 2.24) is 0 Å². The van der Waals surface area contributed by atoms with Crippen molar-refractivity contribution in [2.24, 2.45) is 0 Å². The summed E-state index contributed by atoms with van der Waals surface area (Å²) in [6, 6.07) is 19.8. The van der Waals surface area contributed by atoms with Gasteiger partial charge in [0.1, 0.15) is 11.7 Å². The lowest BCUT2D eigenvalue weighted by molar-refractivity contribution is -0.184. The second-order valence-corrected chi connectivity index (χ2v) is 9.82. The van der Waals surface area contributed by atoms with Crippen molar-refractivity contribution in [1.29, 1.82) is 0 Å². The maximum absolute atomic E-state index is 13.1. The average Bonchev–Trinajstić information content (AvgIpc) is 3.44. The molecule has 0 bridgehead atoms. The molecule has 0 aliphatic carbocycles. The van der Waals surface area contributed by atoms with Gasteiger partial charge in [0.25, 0.3) is 5.79 Å². The Kier molecular flexibility index (Phi) is 5.98. The van der Waals surface area contributed by atoms with Gasteiger partial charge in [0.15, 0.2) is 0 Å². The molecular formula is C25H26INO4. The van der Waals surface area contributed by atoms with E-state index in [-0.39, 0.29) is 6.61 Å². The van der Waals surface area contributed by atoms with E-state index in [4.69, 9.17) is 19.9 Å². The van der Waals surface area contributed by atoms with Crippen LogP contribution in [0.2, 0.25) is 0 Å².